The Labute approximate surface area is 123 Å². The van der Waals surface area contributed by atoms with Gasteiger partial charge in [-0.1, -0.05) is 36.4 Å². The molecule has 0 spiro atoms. The quantitative estimate of drug-likeness (QED) is 0.579. The van der Waals surface area contributed by atoms with Crippen molar-refractivity contribution in [1.29, 1.82) is 0 Å². The first-order valence-corrected chi connectivity index (χ1v) is 8.40. The van der Waals surface area contributed by atoms with Crippen molar-refractivity contribution in [3.8, 4) is 11.5 Å². The van der Waals surface area contributed by atoms with E-state index in [1.165, 1.54) is 7.11 Å². The van der Waals surface area contributed by atoms with Crippen molar-refractivity contribution in [1.82, 2.24) is 0 Å². The summed E-state index contributed by atoms with van der Waals surface area (Å²) in [5, 5.41) is 0. The van der Waals surface area contributed by atoms with Crippen LogP contribution in [0.1, 0.15) is 0 Å². The van der Waals surface area contributed by atoms with Crippen LogP contribution in [-0.4, -0.2) is 22.3 Å². The van der Waals surface area contributed by atoms with Crippen LogP contribution >= 0.6 is 8.25 Å². The number of hydrogen-bond acceptors (Lipinski definition) is 5. The standard InChI is InChI=1S/2C6H6O.CH3O3P.Al/c2*7-6-4-2-1-3-5-6;1-4-5(2)3;/h2*1-5,7H;1H3;/q;;;+3/p-2. The van der Waals surface area contributed by atoms with E-state index < -0.39 is 23.4 Å². The van der Waals surface area contributed by atoms with Crippen LogP contribution in [0.25, 0.3) is 0 Å². The van der Waals surface area contributed by atoms with Crippen LogP contribution in [-0.2, 0) is 12.7 Å². The zero-order valence-corrected chi connectivity index (χ0v) is 12.9. The van der Waals surface area contributed by atoms with E-state index >= 15 is 0 Å². The monoisotopic (exact) mass is 307 g/mol. The highest BCUT2D eigenvalue weighted by molar-refractivity contribution is 7.34. The molecule has 0 aliphatic carbocycles. The zero-order chi connectivity index (χ0) is 14.2. The summed E-state index contributed by atoms with van der Waals surface area (Å²) in [6.45, 7) is 0. The third kappa shape index (κ3) is 4.93. The maximum atomic E-state index is 11.4. The third-order valence-corrected chi connectivity index (χ3v) is 4.88. The van der Waals surface area contributed by atoms with Crippen molar-refractivity contribution >= 4 is 23.4 Å². The second kappa shape index (κ2) is 8.01. The van der Waals surface area contributed by atoms with Crippen LogP contribution in [0, 0.1) is 0 Å². The molecule has 0 N–H and O–H groups in total. The van der Waals surface area contributed by atoms with Gasteiger partial charge in [-0.05, 0) is 24.3 Å². The van der Waals surface area contributed by atoms with Gasteiger partial charge in [-0.25, -0.2) is 0 Å². The summed E-state index contributed by atoms with van der Waals surface area (Å²) in [6, 6.07) is 18.2. The summed E-state index contributed by atoms with van der Waals surface area (Å²) in [5.41, 5.74) is 0. The molecular weight excluding hydrogens is 294 g/mol. The van der Waals surface area contributed by atoms with Crippen LogP contribution in [0.5, 0.6) is 11.5 Å². The van der Waals surface area contributed by atoms with Crippen LogP contribution in [0.4, 0.5) is 0 Å². The first kappa shape index (κ1) is 15.0. The Hall–Kier alpha value is -1.41. The first-order valence-electron chi connectivity index (χ1n) is 5.89. The minimum absolute atomic E-state index is 0.597. The molecule has 2 aromatic rings. The predicted octanol–water partition coefficient (Wildman–Crippen LogP) is 3.45. The number of para-hydroxylation sites is 2. The van der Waals surface area contributed by atoms with E-state index in [0.717, 1.165) is 0 Å². The Morgan fingerprint density at radius 1 is 0.850 bits per heavy atom. The third-order valence-electron chi connectivity index (χ3n) is 2.27. The highest BCUT2D eigenvalue weighted by Gasteiger charge is 2.50. The molecule has 7 heteroatoms. The van der Waals surface area contributed by atoms with Gasteiger partial charge in [-0.3, -0.25) is 0 Å². The number of hydrogen-bond donors (Lipinski definition) is 0. The molecule has 0 aliphatic heterocycles. The zero-order valence-electron chi connectivity index (χ0n) is 10.8. The Kier molecular flexibility index (Phi) is 6.00. The van der Waals surface area contributed by atoms with Crippen LogP contribution in [0.2, 0.25) is 0 Å². The van der Waals surface area contributed by atoms with Gasteiger partial charge in [-0.2, -0.15) is 3.58 Å². The molecular formula is C13H13AlO5P+. The molecule has 0 saturated heterocycles. The second-order valence-electron chi connectivity index (χ2n) is 3.66. The topological polar surface area (TPSA) is 54.0 Å². The van der Waals surface area contributed by atoms with Crippen molar-refractivity contribution in [3.05, 3.63) is 60.7 Å². The molecule has 0 fully saturated rings. The fourth-order valence-corrected chi connectivity index (χ4v) is 3.46. The summed E-state index contributed by atoms with van der Waals surface area (Å²) in [7, 11) is -0.948. The molecule has 0 bridgehead atoms. The van der Waals surface area contributed by atoms with E-state index in [4.69, 9.17) is 11.2 Å². The number of benzene rings is 2. The smallest absolute Gasteiger partial charge is 0.586 e. The molecule has 0 radical (unpaired) electrons. The fraction of sp³-hybridized carbons (Fsp3) is 0.0769. The van der Waals surface area contributed by atoms with E-state index in [0.29, 0.717) is 11.5 Å². The highest BCUT2D eigenvalue weighted by Crippen LogP contribution is 2.25. The molecule has 0 aliphatic rings. The van der Waals surface area contributed by atoms with Gasteiger partial charge >= 0.3 is 23.4 Å². The fourth-order valence-electron chi connectivity index (χ4n) is 1.40. The van der Waals surface area contributed by atoms with E-state index in [1.807, 2.05) is 36.4 Å². The second-order valence-corrected chi connectivity index (χ2v) is 6.37. The van der Waals surface area contributed by atoms with E-state index in [-0.39, 0.29) is 0 Å². The predicted molar refractivity (Wildman–Crippen MR) is 75.6 cm³/mol. The van der Waals surface area contributed by atoms with Crippen molar-refractivity contribution in [2.75, 3.05) is 7.11 Å². The average molecular weight is 307 g/mol. The van der Waals surface area contributed by atoms with Gasteiger partial charge in [0.1, 0.15) is 0 Å². The molecule has 2 rings (SSSR count). The van der Waals surface area contributed by atoms with E-state index in [2.05, 4.69) is 4.52 Å². The van der Waals surface area contributed by atoms with E-state index in [1.54, 1.807) is 24.3 Å². The van der Waals surface area contributed by atoms with Gasteiger partial charge in [0, 0.05) is 4.57 Å². The van der Waals surface area contributed by atoms with Gasteiger partial charge in [0.15, 0.2) is 0 Å². The molecule has 0 saturated carbocycles. The Bertz CT molecular complexity index is 495. The lowest BCUT2D eigenvalue weighted by atomic mass is 10.3. The summed E-state index contributed by atoms with van der Waals surface area (Å²) in [6.07, 6.45) is 0. The number of rotatable bonds is 7. The van der Waals surface area contributed by atoms with Gasteiger partial charge in [0.25, 0.3) is 0 Å². The first-order chi connectivity index (χ1) is 9.78. The summed E-state index contributed by atoms with van der Waals surface area (Å²) < 4.78 is 32.4. The SMILES string of the molecule is CO[P+](=O)[O][Al]([O]c1ccccc1)[O]c1ccccc1. The lowest BCUT2D eigenvalue weighted by Crippen LogP contribution is -2.31. The highest BCUT2D eigenvalue weighted by atomic mass is 31.1. The van der Waals surface area contributed by atoms with Gasteiger partial charge in [0.2, 0.25) is 0 Å². The molecule has 0 heterocycles. The van der Waals surface area contributed by atoms with Crippen molar-refractivity contribution in [3.63, 3.8) is 0 Å². The minimum atomic E-state index is -2.67. The average Bonchev–Trinajstić information content (AvgIpc) is 2.49. The van der Waals surface area contributed by atoms with Crippen LogP contribution in [0.3, 0.4) is 0 Å². The molecule has 2 aromatic carbocycles. The summed E-state index contributed by atoms with van der Waals surface area (Å²) in [5.74, 6) is 1.19. The van der Waals surface area contributed by atoms with Gasteiger partial charge in [-0.15, -0.1) is 4.52 Å². The maximum Gasteiger partial charge on any atom is 1.15 e. The lowest BCUT2D eigenvalue weighted by molar-refractivity contribution is 0.274. The van der Waals surface area contributed by atoms with Crippen molar-refractivity contribution in [2.24, 2.45) is 0 Å². The van der Waals surface area contributed by atoms with Crippen LogP contribution in [0.15, 0.2) is 60.7 Å². The summed E-state index contributed by atoms with van der Waals surface area (Å²) >= 11 is -2.67. The molecule has 0 aromatic heterocycles. The molecule has 5 nitrogen and oxygen atoms in total. The Balaban J connectivity index is 2.06. The summed E-state index contributed by atoms with van der Waals surface area (Å²) in [4.78, 5) is 0. The molecule has 20 heavy (non-hydrogen) atoms. The van der Waals surface area contributed by atoms with Crippen LogP contribution < -0.4 is 7.58 Å². The normalized spacial score (nSPS) is 10.8. The molecule has 1 atom stereocenters. The minimum Gasteiger partial charge on any atom is -0.586 e. The Morgan fingerprint density at radius 2 is 1.30 bits per heavy atom. The lowest BCUT2D eigenvalue weighted by Gasteiger charge is -2.10. The Morgan fingerprint density at radius 3 is 1.70 bits per heavy atom. The molecule has 0 amide bonds. The largest absolute Gasteiger partial charge is 1.15 e. The van der Waals surface area contributed by atoms with E-state index in [9.17, 15) is 4.57 Å². The van der Waals surface area contributed by atoms with Gasteiger partial charge < -0.3 is 7.58 Å². The maximum absolute atomic E-state index is 11.4. The van der Waals surface area contributed by atoms with Crippen molar-refractivity contribution < 1.29 is 20.2 Å². The molecule has 1 unspecified atom stereocenters. The van der Waals surface area contributed by atoms with Gasteiger partial charge in [0.05, 0.1) is 18.6 Å². The van der Waals surface area contributed by atoms with Crippen molar-refractivity contribution in [2.45, 2.75) is 0 Å². The molecule has 102 valence electrons.